The van der Waals surface area contributed by atoms with Gasteiger partial charge in [0.1, 0.15) is 0 Å². The molecular weight excluding hydrogens is 300 g/mol. The van der Waals surface area contributed by atoms with Crippen molar-refractivity contribution in [1.82, 2.24) is 14.5 Å². The molecule has 0 aromatic carbocycles. The molecule has 2 rings (SSSR count). The first-order valence-electron chi connectivity index (χ1n) is 6.15. The van der Waals surface area contributed by atoms with Crippen LogP contribution in [-0.2, 0) is 11.3 Å². The Hall–Kier alpha value is -1.60. The van der Waals surface area contributed by atoms with Gasteiger partial charge in [-0.05, 0) is 12.8 Å². The number of aromatic nitrogens is 3. The highest BCUT2D eigenvalue weighted by molar-refractivity contribution is 7.18. The third kappa shape index (κ3) is 3.94. The van der Waals surface area contributed by atoms with Gasteiger partial charge in [-0.25, -0.2) is 14.8 Å². The van der Waals surface area contributed by atoms with Gasteiger partial charge in [0.05, 0.1) is 13.4 Å². The lowest BCUT2D eigenvalue weighted by atomic mass is 10.3. The molecule has 2 heterocycles. The number of anilines is 1. The van der Waals surface area contributed by atoms with Gasteiger partial charge in [0, 0.05) is 25.5 Å². The molecule has 0 spiro atoms. The van der Waals surface area contributed by atoms with Gasteiger partial charge in [0.25, 0.3) is 0 Å². The first kappa shape index (κ1) is 14.8. The van der Waals surface area contributed by atoms with Crippen molar-refractivity contribution in [3.8, 4) is 0 Å². The van der Waals surface area contributed by atoms with Crippen LogP contribution in [0.3, 0.4) is 0 Å². The standard InChI is InChI=1S/C12H15ClN4O2S/c1-19-11(18)9-10(13)16-12(20-9)15-4-2-3-6-17-7-5-14-8-17/h5,7-8H,2-4,6H2,1H3,(H,15,16). The zero-order valence-electron chi connectivity index (χ0n) is 11.0. The molecule has 0 aliphatic rings. The number of hydrogen-bond acceptors (Lipinski definition) is 6. The van der Waals surface area contributed by atoms with Gasteiger partial charge in [-0.1, -0.05) is 22.9 Å². The molecule has 0 aliphatic heterocycles. The number of ether oxygens (including phenoxy) is 1. The van der Waals surface area contributed by atoms with Crippen LogP contribution in [0, 0.1) is 0 Å². The van der Waals surface area contributed by atoms with E-state index in [1.54, 1.807) is 12.5 Å². The quantitative estimate of drug-likeness (QED) is 0.628. The van der Waals surface area contributed by atoms with Crippen LogP contribution < -0.4 is 5.32 Å². The van der Waals surface area contributed by atoms with E-state index in [0.717, 1.165) is 25.9 Å². The van der Waals surface area contributed by atoms with E-state index >= 15 is 0 Å². The van der Waals surface area contributed by atoms with Gasteiger partial charge >= 0.3 is 5.97 Å². The van der Waals surface area contributed by atoms with E-state index in [1.807, 2.05) is 10.8 Å². The molecule has 20 heavy (non-hydrogen) atoms. The summed E-state index contributed by atoms with van der Waals surface area (Å²) < 4.78 is 6.66. The Labute approximate surface area is 125 Å². The number of esters is 1. The van der Waals surface area contributed by atoms with E-state index in [0.29, 0.717) is 10.0 Å². The topological polar surface area (TPSA) is 69.0 Å². The number of halogens is 1. The first-order chi connectivity index (χ1) is 9.70. The average Bonchev–Trinajstić information content (AvgIpc) is 3.07. The highest BCUT2D eigenvalue weighted by Gasteiger charge is 2.16. The Bertz CT molecular complexity index is 556. The summed E-state index contributed by atoms with van der Waals surface area (Å²) >= 11 is 7.08. The lowest BCUT2D eigenvalue weighted by molar-refractivity contribution is 0.0606. The average molecular weight is 315 g/mol. The van der Waals surface area contributed by atoms with Crippen molar-refractivity contribution >= 4 is 34.0 Å². The van der Waals surface area contributed by atoms with Gasteiger partial charge in [0.15, 0.2) is 15.2 Å². The summed E-state index contributed by atoms with van der Waals surface area (Å²) in [6, 6.07) is 0. The largest absolute Gasteiger partial charge is 0.465 e. The molecule has 6 nitrogen and oxygen atoms in total. The van der Waals surface area contributed by atoms with Crippen molar-refractivity contribution < 1.29 is 9.53 Å². The molecule has 0 saturated heterocycles. The van der Waals surface area contributed by atoms with Crippen molar-refractivity contribution in [2.75, 3.05) is 19.0 Å². The molecule has 2 aromatic rings. The first-order valence-corrected chi connectivity index (χ1v) is 7.34. The number of thiazole rings is 1. The summed E-state index contributed by atoms with van der Waals surface area (Å²) in [6.07, 6.45) is 7.53. The molecular formula is C12H15ClN4O2S. The zero-order chi connectivity index (χ0) is 14.4. The van der Waals surface area contributed by atoms with Crippen molar-refractivity contribution in [2.45, 2.75) is 19.4 Å². The van der Waals surface area contributed by atoms with Crippen LogP contribution in [0.1, 0.15) is 22.5 Å². The van der Waals surface area contributed by atoms with E-state index in [9.17, 15) is 4.79 Å². The minimum absolute atomic E-state index is 0.183. The van der Waals surface area contributed by atoms with Crippen molar-refractivity contribution in [3.63, 3.8) is 0 Å². The van der Waals surface area contributed by atoms with Gasteiger partial charge in [-0.3, -0.25) is 0 Å². The molecule has 0 bridgehead atoms. The second kappa shape index (κ2) is 7.25. The van der Waals surface area contributed by atoms with E-state index < -0.39 is 5.97 Å². The maximum atomic E-state index is 11.4. The molecule has 0 radical (unpaired) electrons. The number of hydrogen-bond donors (Lipinski definition) is 1. The Morgan fingerprint density at radius 1 is 1.55 bits per heavy atom. The van der Waals surface area contributed by atoms with E-state index in [1.165, 1.54) is 18.4 Å². The van der Waals surface area contributed by atoms with Crippen LogP contribution in [0.2, 0.25) is 5.15 Å². The third-order valence-corrected chi connectivity index (χ3v) is 4.01. The van der Waals surface area contributed by atoms with Crippen molar-refractivity contribution in [1.29, 1.82) is 0 Å². The Morgan fingerprint density at radius 3 is 3.10 bits per heavy atom. The Balaban J connectivity index is 1.73. The molecule has 0 unspecified atom stereocenters. The fourth-order valence-electron chi connectivity index (χ4n) is 1.63. The van der Waals surface area contributed by atoms with Crippen LogP contribution in [0.15, 0.2) is 18.7 Å². The molecule has 108 valence electrons. The van der Waals surface area contributed by atoms with Crippen LogP contribution >= 0.6 is 22.9 Å². The monoisotopic (exact) mass is 314 g/mol. The van der Waals surface area contributed by atoms with Crippen molar-refractivity contribution in [2.24, 2.45) is 0 Å². The third-order valence-electron chi connectivity index (χ3n) is 2.64. The number of methoxy groups -OCH3 is 1. The molecule has 0 atom stereocenters. The van der Waals surface area contributed by atoms with Crippen molar-refractivity contribution in [3.05, 3.63) is 28.8 Å². The number of nitrogens with zero attached hydrogens (tertiary/aromatic N) is 3. The second-order valence-electron chi connectivity index (χ2n) is 4.06. The summed E-state index contributed by atoms with van der Waals surface area (Å²) in [5.74, 6) is -0.458. The number of aryl methyl sites for hydroxylation is 1. The molecule has 0 aliphatic carbocycles. The fraction of sp³-hybridized carbons (Fsp3) is 0.417. The number of carbonyl (C=O) groups is 1. The van der Waals surface area contributed by atoms with Crippen LogP contribution in [-0.4, -0.2) is 34.2 Å². The summed E-state index contributed by atoms with van der Waals surface area (Å²) in [6.45, 7) is 1.72. The maximum absolute atomic E-state index is 11.4. The SMILES string of the molecule is COC(=O)c1sc(NCCCCn2ccnc2)nc1Cl. The Kier molecular flexibility index (Phi) is 5.37. The van der Waals surface area contributed by atoms with E-state index in [-0.39, 0.29) is 5.15 Å². The molecule has 1 N–H and O–H groups in total. The minimum atomic E-state index is -0.458. The zero-order valence-corrected chi connectivity index (χ0v) is 12.6. The highest BCUT2D eigenvalue weighted by atomic mass is 35.5. The molecule has 0 amide bonds. The van der Waals surface area contributed by atoms with E-state index in [4.69, 9.17) is 11.6 Å². The number of imidazole rings is 1. The lowest BCUT2D eigenvalue weighted by Gasteiger charge is -2.03. The summed E-state index contributed by atoms with van der Waals surface area (Å²) in [5, 5.41) is 3.98. The van der Waals surface area contributed by atoms with Crippen LogP contribution in [0.4, 0.5) is 5.13 Å². The second-order valence-corrected chi connectivity index (χ2v) is 5.42. The smallest absolute Gasteiger partial charge is 0.351 e. The number of carbonyl (C=O) groups excluding carboxylic acids is 1. The van der Waals surface area contributed by atoms with Crippen LogP contribution in [0.5, 0.6) is 0 Å². The summed E-state index contributed by atoms with van der Waals surface area (Å²) in [4.78, 5) is 19.8. The predicted molar refractivity (Wildman–Crippen MR) is 78.4 cm³/mol. The number of rotatable bonds is 7. The van der Waals surface area contributed by atoms with Gasteiger partial charge in [0.2, 0.25) is 0 Å². The number of unbranched alkanes of at least 4 members (excludes halogenated alkanes) is 1. The summed E-state index contributed by atoms with van der Waals surface area (Å²) in [7, 11) is 1.32. The summed E-state index contributed by atoms with van der Waals surface area (Å²) in [5.41, 5.74) is 0. The molecule has 0 fully saturated rings. The predicted octanol–water partition coefficient (Wildman–Crippen LogP) is 2.67. The van der Waals surface area contributed by atoms with E-state index in [2.05, 4.69) is 20.0 Å². The molecule has 0 saturated carbocycles. The lowest BCUT2D eigenvalue weighted by Crippen LogP contribution is -2.03. The maximum Gasteiger partial charge on any atom is 0.351 e. The minimum Gasteiger partial charge on any atom is -0.465 e. The van der Waals surface area contributed by atoms with Gasteiger partial charge in [-0.15, -0.1) is 0 Å². The number of nitrogens with one attached hydrogen (secondary N) is 1. The van der Waals surface area contributed by atoms with Crippen LogP contribution in [0.25, 0.3) is 0 Å². The Morgan fingerprint density at radius 2 is 2.40 bits per heavy atom. The molecule has 2 aromatic heterocycles. The fourth-order valence-corrected chi connectivity index (χ4v) is 2.76. The molecule has 8 heteroatoms. The van der Waals surface area contributed by atoms with Gasteiger partial charge in [-0.2, -0.15) is 0 Å². The van der Waals surface area contributed by atoms with Gasteiger partial charge < -0.3 is 14.6 Å². The highest BCUT2D eigenvalue weighted by Crippen LogP contribution is 2.27. The normalized spacial score (nSPS) is 10.5.